The number of piperidine rings is 1. The highest BCUT2D eigenvalue weighted by Crippen LogP contribution is 2.33. The normalized spacial score (nSPS) is 26.9. The Kier molecular flexibility index (Phi) is 3.95. The van der Waals surface area contributed by atoms with E-state index in [0.717, 1.165) is 13.0 Å². The largest absolute Gasteiger partial charge is 0.458 e. The van der Waals surface area contributed by atoms with Crippen LogP contribution in [0.2, 0.25) is 0 Å². The molecule has 3 heteroatoms. The van der Waals surface area contributed by atoms with E-state index in [-0.39, 0.29) is 17.6 Å². The third kappa shape index (κ3) is 2.81. The summed E-state index contributed by atoms with van der Waals surface area (Å²) in [7, 11) is 2.13. The zero-order chi connectivity index (χ0) is 14.0. The summed E-state index contributed by atoms with van der Waals surface area (Å²) in [5.41, 5.74) is 0.686. The number of carbonyl (C=O) groups is 1. The molecule has 1 aromatic carbocycles. The monoisotopic (exact) mass is 261 g/mol. The van der Waals surface area contributed by atoms with Crippen LogP contribution in [-0.4, -0.2) is 36.1 Å². The van der Waals surface area contributed by atoms with Crippen LogP contribution in [0.4, 0.5) is 0 Å². The maximum Gasteiger partial charge on any atom is 0.338 e. The highest BCUT2D eigenvalue weighted by molar-refractivity contribution is 5.89. The van der Waals surface area contributed by atoms with E-state index in [1.807, 2.05) is 18.2 Å². The van der Waals surface area contributed by atoms with Crippen LogP contribution in [0.1, 0.15) is 37.6 Å². The third-order valence-corrected chi connectivity index (χ3v) is 4.67. The number of hydrogen-bond donors (Lipinski definition) is 0. The average molecular weight is 261 g/mol. The summed E-state index contributed by atoms with van der Waals surface area (Å²) in [6.07, 6.45) is 0.901. The quantitative estimate of drug-likeness (QED) is 0.767. The van der Waals surface area contributed by atoms with Crippen LogP contribution in [0.3, 0.4) is 0 Å². The summed E-state index contributed by atoms with van der Waals surface area (Å²) in [4.78, 5) is 14.5. The second-order valence-corrected chi connectivity index (χ2v) is 5.96. The number of rotatable bonds is 2. The zero-order valence-corrected chi connectivity index (χ0v) is 12.2. The Morgan fingerprint density at radius 2 is 1.95 bits per heavy atom. The van der Waals surface area contributed by atoms with Crippen LogP contribution in [-0.2, 0) is 4.74 Å². The van der Waals surface area contributed by atoms with Crippen molar-refractivity contribution < 1.29 is 9.53 Å². The molecule has 0 amide bonds. The molecule has 1 aliphatic heterocycles. The summed E-state index contributed by atoms with van der Waals surface area (Å²) in [6.45, 7) is 7.54. The lowest BCUT2D eigenvalue weighted by Crippen LogP contribution is -2.56. The molecule has 0 N–H and O–H groups in total. The van der Waals surface area contributed by atoms with Gasteiger partial charge in [0.15, 0.2) is 0 Å². The number of esters is 1. The minimum Gasteiger partial charge on any atom is -0.458 e. The molecule has 1 heterocycles. The Labute approximate surface area is 115 Å². The second kappa shape index (κ2) is 5.33. The van der Waals surface area contributed by atoms with Gasteiger partial charge in [0.2, 0.25) is 0 Å². The summed E-state index contributed by atoms with van der Waals surface area (Å²) in [5.74, 6) is 0.108. The molecular formula is C16H23NO2. The Morgan fingerprint density at radius 3 is 2.58 bits per heavy atom. The fourth-order valence-electron chi connectivity index (χ4n) is 2.60. The minimum absolute atomic E-state index is 0.00101. The van der Waals surface area contributed by atoms with E-state index in [4.69, 9.17) is 4.74 Å². The highest BCUT2D eigenvalue weighted by Gasteiger charge is 2.41. The van der Waals surface area contributed by atoms with Gasteiger partial charge in [0.05, 0.1) is 5.56 Å². The van der Waals surface area contributed by atoms with E-state index in [1.165, 1.54) is 0 Å². The second-order valence-electron chi connectivity index (χ2n) is 5.96. The van der Waals surface area contributed by atoms with Crippen molar-refractivity contribution in [3.05, 3.63) is 35.9 Å². The predicted octanol–water partition coefficient (Wildman–Crippen LogP) is 2.96. The van der Waals surface area contributed by atoms with Crippen LogP contribution in [0.25, 0.3) is 0 Å². The summed E-state index contributed by atoms with van der Waals surface area (Å²) in [5, 5.41) is 0. The van der Waals surface area contributed by atoms with Crippen molar-refractivity contribution >= 4 is 5.97 Å². The first-order valence-corrected chi connectivity index (χ1v) is 6.90. The summed E-state index contributed by atoms with van der Waals surface area (Å²) in [6, 6.07) is 9.22. The van der Waals surface area contributed by atoms with Crippen LogP contribution < -0.4 is 0 Å². The van der Waals surface area contributed by atoms with Gasteiger partial charge in [-0.25, -0.2) is 4.79 Å². The van der Waals surface area contributed by atoms with Crippen LogP contribution in [0, 0.1) is 5.92 Å². The van der Waals surface area contributed by atoms with Crippen molar-refractivity contribution in [2.75, 3.05) is 13.6 Å². The number of carbonyl (C=O) groups excluding carboxylic acids is 1. The molecule has 2 atom stereocenters. The molecule has 1 saturated heterocycles. The van der Waals surface area contributed by atoms with Gasteiger partial charge in [-0.1, -0.05) is 25.1 Å². The average Bonchev–Trinajstić information content (AvgIpc) is 2.41. The molecule has 2 unspecified atom stereocenters. The predicted molar refractivity (Wildman–Crippen MR) is 76.1 cm³/mol. The number of hydrogen-bond acceptors (Lipinski definition) is 3. The van der Waals surface area contributed by atoms with E-state index in [0.29, 0.717) is 11.5 Å². The Balaban J connectivity index is 2.06. The highest BCUT2D eigenvalue weighted by atomic mass is 16.5. The van der Waals surface area contributed by atoms with Gasteiger partial charge in [0.1, 0.15) is 6.10 Å². The lowest BCUT2D eigenvalue weighted by Gasteiger charge is -2.48. The molecule has 19 heavy (non-hydrogen) atoms. The molecule has 0 aliphatic carbocycles. The Bertz CT molecular complexity index is 441. The van der Waals surface area contributed by atoms with Gasteiger partial charge in [-0.05, 0) is 39.4 Å². The molecule has 3 nitrogen and oxygen atoms in total. The fraction of sp³-hybridized carbons (Fsp3) is 0.562. The lowest BCUT2D eigenvalue weighted by molar-refractivity contribution is -0.0564. The molecule has 0 bridgehead atoms. The van der Waals surface area contributed by atoms with Crippen LogP contribution >= 0.6 is 0 Å². The SMILES string of the molecule is CC1C(OC(=O)c2ccccc2)CCN(C)C1(C)C. The molecule has 0 radical (unpaired) electrons. The molecular weight excluding hydrogens is 238 g/mol. The van der Waals surface area contributed by atoms with Gasteiger partial charge in [-0.15, -0.1) is 0 Å². The van der Waals surface area contributed by atoms with Crippen molar-refractivity contribution in [2.24, 2.45) is 5.92 Å². The maximum absolute atomic E-state index is 12.1. The zero-order valence-electron chi connectivity index (χ0n) is 12.2. The topological polar surface area (TPSA) is 29.5 Å². The van der Waals surface area contributed by atoms with Crippen LogP contribution in [0.15, 0.2) is 30.3 Å². The van der Waals surface area contributed by atoms with Crippen molar-refractivity contribution in [1.29, 1.82) is 0 Å². The first kappa shape index (κ1) is 14.1. The van der Waals surface area contributed by atoms with E-state index in [9.17, 15) is 4.79 Å². The smallest absolute Gasteiger partial charge is 0.338 e. The first-order valence-electron chi connectivity index (χ1n) is 6.90. The van der Waals surface area contributed by atoms with Gasteiger partial charge in [-0.3, -0.25) is 0 Å². The number of likely N-dealkylation sites (tertiary alicyclic amines) is 1. The number of ether oxygens (including phenoxy) is 1. The number of nitrogens with zero attached hydrogens (tertiary/aromatic N) is 1. The van der Waals surface area contributed by atoms with Crippen molar-refractivity contribution in [3.8, 4) is 0 Å². The Hall–Kier alpha value is -1.35. The van der Waals surface area contributed by atoms with E-state index >= 15 is 0 Å². The van der Waals surface area contributed by atoms with Gasteiger partial charge in [0.25, 0.3) is 0 Å². The van der Waals surface area contributed by atoms with E-state index < -0.39 is 0 Å². The van der Waals surface area contributed by atoms with E-state index in [1.54, 1.807) is 12.1 Å². The molecule has 2 rings (SSSR count). The van der Waals surface area contributed by atoms with Crippen molar-refractivity contribution in [1.82, 2.24) is 4.90 Å². The molecule has 0 aromatic heterocycles. The molecule has 0 saturated carbocycles. The van der Waals surface area contributed by atoms with E-state index in [2.05, 4.69) is 32.7 Å². The minimum atomic E-state index is -0.210. The van der Waals surface area contributed by atoms with Gasteiger partial charge in [-0.2, -0.15) is 0 Å². The molecule has 104 valence electrons. The summed E-state index contributed by atoms with van der Waals surface area (Å²) < 4.78 is 5.71. The molecule has 0 spiro atoms. The first-order chi connectivity index (χ1) is 8.93. The van der Waals surface area contributed by atoms with Gasteiger partial charge in [0, 0.05) is 18.0 Å². The molecule has 1 fully saturated rings. The maximum atomic E-state index is 12.1. The standard InChI is InChI=1S/C16H23NO2/c1-12-14(10-11-17(4)16(12,2)3)19-15(18)13-8-6-5-7-9-13/h5-9,12,14H,10-11H2,1-4H3. The van der Waals surface area contributed by atoms with Gasteiger partial charge < -0.3 is 9.64 Å². The van der Waals surface area contributed by atoms with Gasteiger partial charge >= 0.3 is 5.97 Å². The lowest BCUT2D eigenvalue weighted by atomic mass is 9.79. The third-order valence-electron chi connectivity index (χ3n) is 4.67. The molecule has 1 aromatic rings. The van der Waals surface area contributed by atoms with Crippen molar-refractivity contribution in [3.63, 3.8) is 0 Å². The van der Waals surface area contributed by atoms with Crippen molar-refractivity contribution in [2.45, 2.75) is 38.8 Å². The Morgan fingerprint density at radius 1 is 1.32 bits per heavy atom. The summed E-state index contributed by atoms with van der Waals surface area (Å²) >= 11 is 0. The molecule has 1 aliphatic rings. The van der Waals surface area contributed by atoms with Crippen LogP contribution in [0.5, 0.6) is 0 Å². The number of benzene rings is 1. The fourth-order valence-corrected chi connectivity index (χ4v) is 2.60.